The van der Waals surface area contributed by atoms with Crippen molar-refractivity contribution in [3.63, 3.8) is 0 Å². The van der Waals surface area contributed by atoms with Crippen LogP contribution in [0.3, 0.4) is 0 Å². The molecule has 0 radical (unpaired) electrons. The Morgan fingerprint density at radius 1 is 1.03 bits per heavy atom. The zero-order valence-electron chi connectivity index (χ0n) is 17.2. The van der Waals surface area contributed by atoms with Crippen LogP contribution in [0.1, 0.15) is 36.8 Å². The molecule has 7 nitrogen and oxygen atoms in total. The highest BCUT2D eigenvalue weighted by Gasteiger charge is 2.58. The molecule has 164 valence electrons. The van der Waals surface area contributed by atoms with Crippen LogP contribution in [0.25, 0.3) is 0 Å². The van der Waals surface area contributed by atoms with Crippen molar-refractivity contribution in [2.75, 3.05) is 13.1 Å². The minimum atomic E-state index is -1.82. The molecule has 2 aromatic carbocycles. The fourth-order valence-corrected chi connectivity index (χ4v) is 5.42. The maximum Gasteiger partial charge on any atom is 0.414 e. The van der Waals surface area contributed by atoms with Crippen molar-refractivity contribution < 1.29 is 29.6 Å². The second kappa shape index (κ2) is 8.59. The zero-order valence-corrected chi connectivity index (χ0v) is 17.2. The topological polar surface area (TPSA) is 107 Å². The number of phenols is 1. The van der Waals surface area contributed by atoms with Gasteiger partial charge in [0.25, 0.3) is 0 Å². The lowest BCUT2D eigenvalue weighted by Crippen LogP contribution is -2.62. The zero-order chi connectivity index (χ0) is 22.0. The molecule has 2 heterocycles. The second-order valence-corrected chi connectivity index (χ2v) is 8.44. The number of ether oxygens (including phenoxy) is 1. The van der Waals surface area contributed by atoms with Gasteiger partial charge in [-0.05, 0) is 43.9 Å². The van der Waals surface area contributed by atoms with Crippen LogP contribution in [-0.4, -0.2) is 57.4 Å². The molecule has 0 spiro atoms. The SMILES string of the molecule is O=C(O)C(=O)O.Oc1cccc2c1O[C@@H]1[C@H]3CCC[C@@]21CCN3CCc1ccccc1. The first-order valence-electron chi connectivity index (χ1n) is 10.7. The lowest BCUT2D eigenvalue weighted by atomic mass is 9.62. The Morgan fingerprint density at radius 3 is 2.48 bits per heavy atom. The largest absolute Gasteiger partial charge is 0.504 e. The van der Waals surface area contributed by atoms with E-state index in [1.807, 2.05) is 6.07 Å². The van der Waals surface area contributed by atoms with E-state index in [9.17, 15) is 5.11 Å². The van der Waals surface area contributed by atoms with Crippen molar-refractivity contribution in [2.45, 2.75) is 49.7 Å². The van der Waals surface area contributed by atoms with Gasteiger partial charge in [0.05, 0.1) is 0 Å². The van der Waals surface area contributed by atoms with Crippen LogP contribution in [0, 0.1) is 0 Å². The van der Waals surface area contributed by atoms with Crippen molar-refractivity contribution in [2.24, 2.45) is 0 Å². The quantitative estimate of drug-likeness (QED) is 0.649. The predicted octanol–water partition coefficient (Wildman–Crippen LogP) is 3.05. The number of nitrogens with zero attached hydrogens (tertiary/aromatic N) is 1. The standard InChI is InChI=1S/C22H25NO2.C2H2O4/c24-19-10-4-8-17-20(19)25-21-18-9-5-12-22(17,21)13-15-23(18)14-11-16-6-2-1-3-7-16;3-1(4)2(5)6/h1-4,6-8,10,18,21,24H,5,9,11-15H2;(H,3,4)(H,5,6)/t18-,21-,22-;/m1./s1. The van der Waals surface area contributed by atoms with E-state index in [-0.39, 0.29) is 11.5 Å². The molecule has 3 N–H and O–H groups in total. The van der Waals surface area contributed by atoms with Gasteiger partial charge in [0.2, 0.25) is 0 Å². The maximum atomic E-state index is 10.3. The third-order valence-corrected chi connectivity index (χ3v) is 6.82. The van der Waals surface area contributed by atoms with Crippen molar-refractivity contribution in [1.82, 2.24) is 4.90 Å². The van der Waals surface area contributed by atoms with E-state index in [1.165, 1.54) is 30.4 Å². The highest BCUT2D eigenvalue weighted by Crippen LogP contribution is 2.57. The highest BCUT2D eigenvalue weighted by atomic mass is 16.5. The van der Waals surface area contributed by atoms with Crippen molar-refractivity contribution in [1.29, 1.82) is 0 Å². The van der Waals surface area contributed by atoms with Gasteiger partial charge in [-0.25, -0.2) is 9.59 Å². The Kier molecular flexibility index (Phi) is 5.87. The molecule has 1 saturated carbocycles. The summed E-state index contributed by atoms with van der Waals surface area (Å²) in [5.74, 6) is -2.59. The van der Waals surface area contributed by atoms with E-state index in [0.29, 0.717) is 11.8 Å². The number of benzene rings is 2. The van der Waals surface area contributed by atoms with E-state index in [0.717, 1.165) is 31.7 Å². The van der Waals surface area contributed by atoms with E-state index < -0.39 is 11.9 Å². The van der Waals surface area contributed by atoms with Gasteiger partial charge in [-0.3, -0.25) is 4.90 Å². The molecule has 2 bridgehead atoms. The minimum Gasteiger partial charge on any atom is -0.504 e. The van der Waals surface area contributed by atoms with Crippen LogP contribution >= 0.6 is 0 Å². The molecular formula is C24H27NO6. The van der Waals surface area contributed by atoms with Crippen molar-refractivity contribution in [3.05, 3.63) is 59.7 Å². The molecule has 0 amide bonds. The van der Waals surface area contributed by atoms with E-state index >= 15 is 0 Å². The number of rotatable bonds is 3. The summed E-state index contributed by atoms with van der Waals surface area (Å²) < 4.78 is 6.39. The monoisotopic (exact) mass is 425 g/mol. The molecule has 2 aliphatic heterocycles. The first-order chi connectivity index (χ1) is 14.9. The van der Waals surface area contributed by atoms with Crippen LogP contribution < -0.4 is 4.74 Å². The van der Waals surface area contributed by atoms with Gasteiger partial charge in [0.15, 0.2) is 11.5 Å². The first-order valence-corrected chi connectivity index (χ1v) is 10.7. The first kappa shape index (κ1) is 21.2. The van der Waals surface area contributed by atoms with Crippen LogP contribution in [0.15, 0.2) is 48.5 Å². The lowest BCUT2D eigenvalue weighted by Gasteiger charge is -2.52. The molecule has 5 rings (SSSR count). The molecule has 3 aliphatic rings. The molecule has 7 heteroatoms. The minimum absolute atomic E-state index is 0.125. The summed E-state index contributed by atoms with van der Waals surface area (Å²) in [6, 6.07) is 17.1. The molecule has 3 atom stereocenters. The number of fused-ring (bicyclic) bond motifs is 1. The van der Waals surface area contributed by atoms with Gasteiger partial charge < -0.3 is 20.1 Å². The van der Waals surface area contributed by atoms with E-state index in [4.69, 9.17) is 24.5 Å². The molecule has 1 aliphatic carbocycles. The van der Waals surface area contributed by atoms with Gasteiger partial charge in [0, 0.05) is 23.6 Å². The summed E-state index contributed by atoms with van der Waals surface area (Å²) in [6.45, 7) is 2.22. The summed E-state index contributed by atoms with van der Waals surface area (Å²) in [4.78, 5) is 20.8. The number of likely N-dealkylation sites (tertiary alicyclic amines) is 1. The number of aliphatic carboxylic acids is 2. The Bertz CT molecular complexity index is 950. The summed E-state index contributed by atoms with van der Waals surface area (Å²) in [6.07, 6.45) is 6.08. The van der Waals surface area contributed by atoms with Gasteiger partial charge in [0.1, 0.15) is 6.10 Å². The summed E-state index contributed by atoms with van der Waals surface area (Å²) >= 11 is 0. The van der Waals surface area contributed by atoms with E-state index in [1.54, 1.807) is 6.07 Å². The highest BCUT2D eigenvalue weighted by molar-refractivity contribution is 6.27. The fourth-order valence-electron chi connectivity index (χ4n) is 5.42. The normalized spacial score (nSPS) is 25.9. The maximum absolute atomic E-state index is 10.3. The van der Waals surface area contributed by atoms with Crippen molar-refractivity contribution >= 4 is 11.9 Å². The molecule has 0 aromatic heterocycles. The third-order valence-electron chi connectivity index (χ3n) is 6.82. The predicted molar refractivity (Wildman–Crippen MR) is 113 cm³/mol. The number of piperidine rings is 1. The summed E-state index contributed by atoms with van der Waals surface area (Å²) in [7, 11) is 0. The molecular weight excluding hydrogens is 398 g/mol. The summed E-state index contributed by atoms with van der Waals surface area (Å²) in [5, 5.41) is 25.1. The van der Waals surface area contributed by atoms with Gasteiger partial charge >= 0.3 is 11.9 Å². The average molecular weight is 425 g/mol. The van der Waals surface area contributed by atoms with Crippen LogP contribution in [0.5, 0.6) is 11.5 Å². The number of aromatic hydroxyl groups is 1. The smallest absolute Gasteiger partial charge is 0.414 e. The Labute approximate surface area is 180 Å². The molecule has 31 heavy (non-hydrogen) atoms. The van der Waals surface area contributed by atoms with E-state index in [2.05, 4.69) is 41.3 Å². The third kappa shape index (κ3) is 3.97. The van der Waals surface area contributed by atoms with Gasteiger partial charge in [-0.15, -0.1) is 0 Å². The number of phenolic OH excluding ortho intramolecular Hbond substituents is 1. The fraction of sp³-hybridized carbons (Fsp3) is 0.417. The Morgan fingerprint density at radius 2 is 1.77 bits per heavy atom. The Hall–Kier alpha value is -3.06. The van der Waals surface area contributed by atoms with Crippen LogP contribution in [0.2, 0.25) is 0 Å². The second-order valence-electron chi connectivity index (χ2n) is 8.44. The number of hydrogen-bond acceptors (Lipinski definition) is 5. The number of hydrogen-bond donors (Lipinski definition) is 3. The van der Waals surface area contributed by atoms with Crippen LogP contribution in [-0.2, 0) is 21.4 Å². The number of carbonyl (C=O) groups is 2. The van der Waals surface area contributed by atoms with Gasteiger partial charge in [-0.1, -0.05) is 48.9 Å². The van der Waals surface area contributed by atoms with Gasteiger partial charge in [-0.2, -0.15) is 0 Å². The molecule has 2 aromatic rings. The number of para-hydroxylation sites is 1. The van der Waals surface area contributed by atoms with Crippen LogP contribution in [0.4, 0.5) is 0 Å². The average Bonchev–Trinajstić information content (AvgIpc) is 3.12. The number of carboxylic acids is 2. The molecule has 0 unspecified atom stereocenters. The summed E-state index contributed by atoms with van der Waals surface area (Å²) in [5.41, 5.74) is 2.79. The number of carboxylic acid groups (broad SMARTS) is 2. The Balaban J connectivity index is 0.000000342. The van der Waals surface area contributed by atoms with Crippen molar-refractivity contribution in [3.8, 4) is 11.5 Å². The molecule has 1 saturated heterocycles. The molecule has 2 fully saturated rings. The lowest BCUT2D eigenvalue weighted by molar-refractivity contribution is -0.159.